The number of halogens is 4. The fourth-order valence-electron chi connectivity index (χ4n) is 2.74. The maximum Gasteiger partial charge on any atom is 0.418 e. The number of hydrogen-bond donors (Lipinski definition) is 1. The maximum atomic E-state index is 13.1. The average molecular weight is 392 g/mol. The lowest BCUT2D eigenvalue weighted by atomic mass is 10.1. The van der Waals surface area contributed by atoms with Crippen LogP contribution in [-0.4, -0.2) is 54.3 Å². The van der Waals surface area contributed by atoms with Gasteiger partial charge in [-0.3, -0.25) is 14.5 Å². The molecule has 0 aromatic heterocycles. The van der Waals surface area contributed by atoms with Gasteiger partial charge in [0.2, 0.25) is 11.8 Å². The van der Waals surface area contributed by atoms with Gasteiger partial charge in [0, 0.05) is 37.1 Å². The molecule has 144 valence electrons. The van der Waals surface area contributed by atoms with Crippen molar-refractivity contribution in [1.82, 2.24) is 9.80 Å². The van der Waals surface area contributed by atoms with Gasteiger partial charge in [-0.1, -0.05) is 25.4 Å². The number of amides is 2. The normalized spacial score (nSPS) is 16.0. The van der Waals surface area contributed by atoms with Crippen LogP contribution in [-0.2, 0) is 15.8 Å². The molecule has 5 nitrogen and oxygen atoms in total. The molecule has 0 aliphatic carbocycles. The minimum Gasteiger partial charge on any atom is -0.340 e. The number of piperazine rings is 1. The summed E-state index contributed by atoms with van der Waals surface area (Å²) in [6, 6.07) is 3.22. The van der Waals surface area contributed by atoms with Gasteiger partial charge in [0.25, 0.3) is 0 Å². The third kappa shape index (κ3) is 5.35. The predicted molar refractivity (Wildman–Crippen MR) is 92.9 cm³/mol. The first-order valence-corrected chi connectivity index (χ1v) is 8.63. The minimum atomic E-state index is -4.61. The van der Waals surface area contributed by atoms with E-state index in [1.807, 2.05) is 18.7 Å². The van der Waals surface area contributed by atoms with E-state index in [0.29, 0.717) is 26.2 Å². The molecule has 0 bridgehead atoms. The Labute approximate surface area is 155 Å². The largest absolute Gasteiger partial charge is 0.418 e. The molecular weight excluding hydrogens is 371 g/mol. The van der Waals surface area contributed by atoms with Gasteiger partial charge in [0.05, 0.1) is 17.8 Å². The highest BCUT2D eigenvalue weighted by atomic mass is 35.5. The smallest absolute Gasteiger partial charge is 0.340 e. The van der Waals surface area contributed by atoms with Crippen molar-refractivity contribution < 1.29 is 22.8 Å². The Kier molecular flexibility index (Phi) is 6.52. The Morgan fingerprint density at radius 2 is 1.81 bits per heavy atom. The van der Waals surface area contributed by atoms with E-state index in [9.17, 15) is 22.8 Å². The summed E-state index contributed by atoms with van der Waals surface area (Å²) in [6.45, 7) is 5.61. The molecule has 9 heteroatoms. The summed E-state index contributed by atoms with van der Waals surface area (Å²) in [5.74, 6) is -0.568. The van der Waals surface area contributed by atoms with Crippen molar-refractivity contribution in [1.29, 1.82) is 0 Å². The van der Waals surface area contributed by atoms with Crippen molar-refractivity contribution in [2.45, 2.75) is 20.0 Å². The number of nitrogens with zero attached hydrogens (tertiary/aromatic N) is 2. The average Bonchev–Trinajstić information content (AvgIpc) is 2.55. The number of benzene rings is 1. The lowest BCUT2D eigenvalue weighted by Crippen LogP contribution is -2.51. The molecule has 1 aromatic carbocycles. The fourth-order valence-corrected chi connectivity index (χ4v) is 2.92. The molecule has 2 rings (SSSR count). The Hall–Kier alpha value is -1.80. The lowest BCUT2D eigenvalue weighted by molar-refractivity contribution is -0.137. The Morgan fingerprint density at radius 3 is 2.35 bits per heavy atom. The van der Waals surface area contributed by atoms with Crippen LogP contribution in [0, 0.1) is 5.92 Å². The first kappa shape index (κ1) is 20.5. The van der Waals surface area contributed by atoms with Gasteiger partial charge in [-0.25, -0.2) is 0 Å². The van der Waals surface area contributed by atoms with E-state index in [-0.39, 0.29) is 29.1 Å². The maximum absolute atomic E-state index is 13.1. The van der Waals surface area contributed by atoms with Crippen LogP contribution in [0.1, 0.15) is 19.4 Å². The number of nitrogens with one attached hydrogen (secondary N) is 1. The highest BCUT2D eigenvalue weighted by Crippen LogP contribution is 2.36. The second-order valence-corrected chi connectivity index (χ2v) is 6.93. The zero-order chi connectivity index (χ0) is 19.5. The number of alkyl halides is 3. The molecule has 0 unspecified atom stereocenters. The number of carbonyl (C=O) groups is 2. The van der Waals surface area contributed by atoms with Crippen molar-refractivity contribution in [3.05, 3.63) is 28.8 Å². The number of hydrogen-bond acceptors (Lipinski definition) is 3. The van der Waals surface area contributed by atoms with E-state index in [0.717, 1.165) is 12.1 Å². The Bertz CT molecular complexity index is 672. The summed E-state index contributed by atoms with van der Waals surface area (Å²) < 4.78 is 39.2. The molecule has 1 aromatic rings. The number of rotatable bonds is 4. The van der Waals surface area contributed by atoms with Crippen LogP contribution in [0.3, 0.4) is 0 Å². The van der Waals surface area contributed by atoms with Gasteiger partial charge in [0.1, 0.15) is 0 Å². The zero-order valence-electron chi connectivity index (χ0n) is 14.6. The highest BCUT2D eigenvalue weighted by Gasteiger charge is 2.34. The Balaban J connectivity index is 1.94. The topological polar surface area (TPSA) is 52.7 Å². The van der Waals surface area contributed by atoms with E-state index >= 15 is 0 Å². The fraction of sp³-hybridized carbons (Fsp3) is 0.529. The highest BCUT2D eigenvalue weighted by molar-refractivity contribution is 6.30. The van der Waals surface area contributed by atoms with Crippen LogP contribution in [0.15, 0.2) is 18.2 Å². The quantitative estimate of drug-likeness (QED) is 0.858. The molecular formula is C17H21ClF3N3O2. The van der Waals surface area contributed by atoms with Crippen LogP contribution in [0.5, 0.6) is 0 Å². The minimum absolute atomic E-state index is 0.0381. The van der Waals surface area contributed by atoms with Crippen LogP contribution in [0.2, 0.25) is 5.02 Å². The molecule has 1 aliphatic rings. The Morgan fingerprint density at radius 1 is 1.19 bits per heavy atom. The summed E-state index contributed by atoms with van der Waals surface area (Å²) in [7, 11) is 0. The van der Waals surface area contributed by atoms with E-state index in [1.54, 1.807) is 4.90 Å². The van der Waals surface area contributed by atoms with Crippen molar-refractivity contribution in [2.24, 2.45) is 5.92 Å². The number of carbonyl (C=O) groups excluding carboxylic acids is 2. The summed E-state index contributed by atoms with van der Waals surface area (Å²) in [6.07, 6.45) is -4.61. The van der Waals surface area contributed by atoms with E-state index in [4.69, 9.17) is 11.6 Å². The lowest BCUT2D eigenvalue weighted by Gasteiger charge is -2.35. The molecule has 2 amide bonds. The first-order chi connectivity index (χ1) is 12.1. The molecule has 1 N–H and O–H groups in total. The third-order valence-electron chi connectivity index (χ3n) is 4.11. The molecule has 0 saturated carbocycles. The second-order valence-electron chi connectivity index (χ2n) is 6.49. The van der Waals surface area contributed by atoms with Gasteiger partial charge in [-0.2, -0.15) is 13.2 Å². The van der Waals surface area contributed by atoms with Gasteiger partial charge in [-0.05, 0) is 18.2 Å². The summed E-state index contributed by atoms with van der Waals surface area (Å²) in [5.41, 5.74) is -1.30. The van der Waals surface area contributed by atoms with Gasteiger partial charge < -0.3 is 10.2 Å². The third-order valence-corrected chi connectivity index (χ3v) is 4.34. The van der Waals surface area contributed by atoms with Gasteiger partial charge >= 0.3 is 6.18 Å². The zero-order valence-corrected chi connectivity index (χ0v) is 15.3. The monoisotopic (exact) mass is 391 g/mol. The molecule has 0 radical (unpaired) electrons. The van der Waals surface area contributed by atoms with Crippen molar-refractivity contribution >= 4 is 29.1 Å². The van der Waals surface area contributed by atoms with E-state index in [2.05, 4.69) is 5.32 Å². The first-order valence-electron chi connectivity index (χ1n) is 8.25. The molecule has 1 saturated heterocycles. The molecule has 0 spiro atoms. The van der Waals surface area contributed by atoms with E-state index in [1.165, 1.54) is 6.07 Å². The predicted octanol–water partition coefficient (Wildman–Crippen LogP) is 3.10. The van der Waals surface area contributed by atoms with Crippen molar-refractivity contribution in [3.8, 4) is 0 Å². The van der Waals surface area contributed by atoms with Crippen LogP contribution < -0.4 is 5.32 Å². The van der Waals surface area contributed by atoms with E-state index < -0.39 is 17.6 Å². The van der Waals surface area contributed by atoms with Crippen molar-refractivity contribution in [2.75, 3.05) is 38.0 Å². The van der Waals surface area contributed by atoms with Crippen molar-refractivity contribution in [3.63, 3.8) is 0 Å². The van der Waals surface area contributed by atoms with Crippen LogP contribution >= 0.6 is 11.6 Å². The second kappa shape index (κ2) is 8.26. The molecule has 1 fully saturated rings. The summed E-state index contributed by atoms with van der Waals surface area (Å²) in [4.78, 5) is 27.6. The summed E-state index contributed by atoms with van der Waals surface area (Å²) >= 11 is 5.62. The molecule has 1 heterocycles. The van der Waals surface area contributed by atoms with Gasteiger partial charge in [-0.15, -0.1) is 0 Å². The number of anilines is 1. The molecule has 26 heavy (non-hydrogen) atoms. The van der Waals surface area contributed by atoms with Gasteiger partial charge in [0.15, 0.2) is 0 Å². The SMILES string of the molecule is CC(C)C(=O)N1CCN(CC(=O)Nc2ccc(Cl)cc2C(F)(F)F)CC1. The molecule has 0 atom stereocenters. The summed E-state index contributed by atoms with van der Waals surface area (Å²) in [5, 5.41) is 2.25. The van der Waals surface area contributed by atoms with Crippen LogP contribution in [0.25, 0.3) is 0 Å². The molecule has 1 aliphatic heterocycles. The van der Waals surface area contributed by atoms with Crippen LogP contribution in [0.4, 0.5) is 18.9 Å². The standard InChI is InChI=1S/C17H21ClF3N3O2/c1-11(2)16(26)24-7-5-23(6-8-24)10-15(25)22-14-4-3-12(18)9-13(14)17(19,20)21/h3-4,9,11H,5-8,10H2,1-2H3,(H,22,25).